The van der Waals surface area contributed by atoms with Crippen LogP contribution in [0.2, 0.25) is 0 Å². The topological polar surface area (TPSA) is 77.4 Å². The Balaban J connectivity index is 1.62. The number of sulfone groups is 1. The van der Waals surface area contributed by atoms with Crippen LogP contribution >= 0.6 is 0 Å². The molecule has 0 saturated carbocycles. The van der Waals surface area contributed by atoms with Gasteiger partial charge in [-0.15, -0.1) is 0 Å². The largest absolute Gasteiger partial charge is 0.497 e. The summed E-state index contributed by atoms with van der Waals surface area (Å²) in [5.74, 6) is 0.275. The van der Waals surface area contributed by atoms with E-state index < -0.39 is 9.84 Å². The number of aromatic nitrogens is 1. The van der Waals surface area contributed by atoms with Crippen LogP contribution in [0.1, 0.15) is 5.56 Å². The molecule has 0 radical (unpaired) electrons. The second kappa shape index (κ2) is 8.65. The number of amides is 1. The van der Waals surface area contributed by atoms with Crippen molar-refractivity contribution in [1.82, 2.24) is 4.57 Å². The second-order valence-electron chi connectivity index (χ2n) is 7.16. The Morgan fingerprint density at radius 3 is 2.48 bits per heavy atom. The molecule has 1 aromatic heterocycles. The van der Waals surface area contributed by atoms with Gasteiger partial charge in [0.15, 0.2) is 9.84 Å². The first-order valence-corrected chi connectivity index (χ1v) is 11.4. The number of carbonyl (C=O) groups is 1. The lowest BCUT2D eigenvalue weighted by Gasteiger charge is -2.08. The van der Waals surface area contributed by atoms with E-state index in [0.717, 1.165) is 5.56 Å². The average Bonchev–Trinajstić information content (AvgIpc) is 3.13. The lowest BCUT2D eigenvalue weighted by atomic mass is 10.2. The van der Waals surface area contributed by atoms with Crippen LogP contribution in [0.5, 0.6) is 5.75 Å². The van der Waals surface area contributed by atoms with Crippen LogP contribution < -0.4 is 10.1 Å². The van der Waals surface area contributed by atoms with Gasteiger partial charge in [0.05, 0.1) is 17.8 Å². The summed E-state index contributed by atoms with van der Waals surface area (Å²) in [6, 6.07) is 23.3. The van der Waals surface area contributed by atoms with Crippen molar-refractivity contribution in [2.75, 3.05) is 12.4 Å². The molecule has 0 bridgehead atoms. The van der Waals surface area contributed by atoms with Gasteiger partial charge in [-0.1, -0.05) is 54.6 Å². The van der Waals surface area contributed by atoms with E-state index in [4.69, 9.17) is 4.74 Å². The van der Waals surface area contributed by atoms with E-state index in [1.807, 2.05) is 30.3 Å². The van der Waals surface area contributed by atoms with Gasteiger partial charge in [0, 0.05) is 28.9 Å². The Morgan fingerprint density at radius 2 is 1.71 bits per heavy atom. The van der Waals surface area contributed by atoms with E-state index in [2.05, 4.69) is 5.32 Å². The summed E-state index contributed by atoms with van der Waals surface area (Å²) >= 11 is 0. The van der Waals surface area contributed by atoms with Gasteiger partial charge in [0.25, 0.3) is 0 Å². The highest BCUT2D eigenvalue weighted by atomic mass is 32.2. The zero-order valence-corrected chi connectivity index (χ0v) is 17.8. The maximum absolute atomic E-state index is 13.1. The average molecular weight is 435 g/mol. The Bertz CT molecular complexity index is 1330. The monoisotopic (exact) mass is 434 g/mol. The predicted octanol–water partition coefficient (Wildman–Crippen LogP) is 4.26. The minimum absolute atomic E-state index is 0.0153. The molecule has 0 aliphatic heterocycles. The van der Waals surface area contributed by atoms with Gasteiger partial charge in [0.2, 0.25) is 5.91 Å². The molecule has 1 heterocycles. The Labute approximate surface area is 181 Å². The van der Waals surface area contributed by atoms with E-state index in [1.165, 1.54) is 0 Å². The van der Waals surface area contributed by atoms with Gasteiger partial charge >= 0.3 is 0 Å². The van der Waals surface area contributed by atoms with Crippen molar-refractivity contribution in [3.63, 3.8) is 0 Å². The molecule has 0 spiro atoms. The number of hydrogen-bond acceptors (Lipinski definition) is 4. The zero-order valence-electron chi connectivity index (χ0n) is 17.0. The Hall–Kier alpha value is -3.58. The fourth-order valence-electron chi connectivity index (χ4n) is 3.52. The number of hydrogen-bond donors (Lipinski definition) is 1. The van der Waals surface area contributed by atoms with Crippen molar-refractivity contribution in [3.05, 3.63) is 90.6 Å². The highest BCUT2D eigenvalue weighted by Crippen LogP contribution is 2.28. The summed E-state index contributed by atoms with van der Waals surface area (Å²) in [6.45, 7) is -0.0153. The predicted molar refractivity (Wildman–Crippen MR) is 121 cm³/mol. The molecule has 0 saturated heterocycles. The van der Waals surface area contributed by atoms with Crippen molar-refractivity contribution in [2.24, 2.45) is 0 Å². The number of rotatable bonds is 7. The number of carbonyl (C=O) groups excluding carboxylic acids is 1. The smallest absolute Gasteiger partial charge is 0.244 e. The quantitative estimate of drug-likeness (QED) is 0.471. The Kier molecular flexibility index (Phi) is 5.77. The summed E-state index contributed by atoms with van der Waals surface area (Å²) < 4.78 is 33.1. The molecule has 1 N–H and O–H groups in total. The van der Waals surface area contributed by atoms with E-state index in [0.29, 0.717) is 22.3 Å². The molecule has 6 nitrogen and oxygen atoms in total. The van der Waals surface area contributed by atoms with Gasteiger partial charge in [-0.25, -0.2) is 8.42 Å². The number of para-hydroxylation sites is 1. The van der Waals surface area contributed by atoms with E-state index in [1.54, 1.807) is 66.4 Å². The highest BCUT2D eigenvalue weighted by molar-refractivity contribution is 7.90. The van der Waals surface area contributed by atoms with Crippen molar-refractivity contribution in [1.29, 1.82) is 0 Å². The van der Waals surface area contributed by atoms with E-state index in [-0.39, 0.29) is 23.1 Å². The van der Waals surface area contributed by atoms with Crippen molar-refractivity contribution >= 4 is 32.3 Å². The summed E-state index contributed by atoms with van der Waals surface area (Å²) in [4.78, 5) is 12.9. The summed E-state index contributed by atoms with van der Waals surface area (Å²) in [6.07, 6.45) is 1.55. The van der Waals surface area contributed by atoms with Crippen LogP contribution in [0.15, 0.2) is 90.0 Å². The van der Waals surface area contributed by atoms with Gasteiger partial charge in [-0.3, -0.25) is 4.79 Å². The van der Waals surface area contributed by atoms with Crippen molar-refractivity contribution in [3.8, 4) is 5.75 Å². The molecule has 1 amide bonds. The third-order valence-electron chi connectivity index (χ3n) is 4.95. The lowest BCUT2D eigenvalue weighted by Crippen LogP contribution is -2.18. The molecule has 4 rings (SSSR count). The molecular formula is C24H22N2O4S. The summed E-state index contributed by atoms with van der Waals surface area (Å²) in [5, 5.41) is 3.43. The van der Waals surface area contributed by atoms with Crippen molar-refractivity contribution in [2.45, 2.75) is 17.2 Å². The maximum Gasteiger partial charge on any atom is 0.244 e. The van der Waals surface area contributed by atoms with Gasteiger partial charge in [-0.05, 0) is 23.8 Å². The summed E-state index contributed by atoms with van der Waals surface area (Å²) in [5.41, 5.74) is 2.02. The first kappa shape index (κ1) is 20.7. The number of anilines is 1. The molecule has 0 unspecified atom stereocenters. The van der Waals surface area contributed by atoms with E-state index >= 15 is 0 Å². The third-order valence-corrected chi connectivity index (χ3v) is 6.66. The van der Waals surface area contributed by atoms with Crippen molar-refractivity contribution < 1.29 is 17.9 Å². The molecule has 0 atom stereocenters. The first-order chi connectivity index (χ1) is 15.0. The normalized spacial score (nSPS) is 11.4. The highest BCUT2D eigenvalue weighted by Gasteiger charge is 2.22. The maximum atomic E-state index is 13.1. The van der Waals surface area contributed by atoms with E-state index in [9.17, 15) is 13.2 Å². The summed E-state index contributed by atoms with van der Waals surface area (Å²) in [7, 11) is -2.03. The fourth-order valence-corrected chi connectivity index (χ4v) is 5.10. The standard InChI is InChI=1S/C24H22N2O4S/c1-30-20-11-7-10-19(14-20)25-24(27)16-26-15-23(21-12-5-6-13-22(21)26)31(28,29)17-18-8-3-2-4-9-18/h2-15H,16-17H2,1H3,(H,25,27). The molecule has 3 aromatic carbocycles. The number of fused-ring (bicyclic) bond motifs is 1. The molecule has 158 valence electrons. The Morgan fingerprint density at radius 1 is 0.968 bits per heavy atom. The van der Waals surface area contributed by atoms with Gasteiger partial charge in [-0.2, -0.15) is 0 Å². The van der Waals surface area contributed by atoms with Crippen LogP contribution in [0, 0.1) is 0 Å². The van der Waals surface area contributed by atoms with Gasteiger partial charge < -0.3 is 14.6 Å². The lowest BCUT2D eigenvalue weighted by molar-refractivity contribution is -0.116. The molecule has 31 heavy (non-hydrogen) atoms. The molecule has 7 heteroatoms. The van der Waals surface area contributed by atoms with Crippen LogP contribution in [-0.4, -0.2) is 26.0 Å². The number of methoxy groups -OCH3 is 1. The zero-order chi connectivity index (χ0) is 21.8. The number of nitrogens with one attached hydrogen (secondary N) is 1. The fraction of sp³-hybridized carbons (Fsp3) is 0.125. The first-order valence-electron chi connectivity index (χ1n) is 9.75. The number of ether oxygens (including phenoxy) is 1. The minimum atomic E-state index is -3.59. The third kappa shape index (κ3) is 4.62. The van der Waals surface area contributed by atoms with Gasteiger partial charge in [0.1, 0.15) is 12.3 Å². The number of benzene rings is 3. The van der Waals surface area contributed by atoms with Crippen LogP contribution in [-0.2, 0) is 26.9 Å². The molecule has 4 aromatic rings. The SMILES string of the molecule is COc1cccc(NC(=O)Cn2cc(S(=O)(=O)Cc3ccccc3)c3ccccc32)c1. The van der Waals surface area contributed by atoms with Crippen LogP contribution in [0.25, 0.3) is 10.9 Å². The molecule has 0 aliphatic carbocycles. The van der Waals surface area contributed by atoms with Crippen LogP contribution in [0.3, 0.4) is 0 Å². The molecule has 0 fully saturated rings. The molecular weight excluding hydrogens is 412 g/mol. The number of nitrogens with zero attached hydrogens (tertiary/aromatic N) is 1. The molecule has 0 aliphatic rings. The second-order valence-corrected chi connectivity index (χ2v) is 9.12. The minimum Gasteiger partial charge on any atom is -0.497 e. The van der Waals surface area contributed by atoms with Crippen LogP contribution in [0.4, 0.5) is 5.69 Å².